The number of carbonyl (C=O) groups excluding carboxylic acids is 2. The molecule has 0 spiro atoms. The standard InChI is InChI=1S/C25H32FN3O4S/c1-3-23(25(31)27-21-11-7-8-12-21)28(17-19-9-5-4-6-10-19)24(30)18-29(34(2,32)33)22-15-13-20(26)14-16-22/h4-6,9-10,13-16,21,23H,3,7-8,11-12,17-18H2,1-2H3,(H,27,31)/t23-/m1/s1. The van der Waals surface area contributed by atoms with E-state index in [1.54, 1.807) is 0 Å². The molecule has 0 aliphatic heterocycles. The lowest BCUT2D eigenvalue weighted by Gasteiger charge is -2.33. The third-order valence-electron chi connectivity index (χ3n) is 6.08. The van der Waals surface area contributed by atoms with Crippen LogP contribution in [0.15, 0.2) is 54.6 Å². The Labute approximate surface area is 201 Å². The second-order valence-corrected chi connectivity index (χ2v) is 10.6. The Kier molecular flexibility index (Phi) is 8.66. The quantitative estimate of drug-likeness (QED) is 0.554. The van der Waals surface area contributed by atoms with Gasteiger partial charge in [-0.15, -0.1) is 0 Å². The molecule has 1 fully saturated rings. The molecule has 2 aromatic rings. The van der Waals surface area contributed by atoms with Gasteiger partial charge < -0.3 is 10.2 Å². The smallest absolute Gasteiger partial charge is 0.244 e. The van der Waals surface area contributed by atoms with Gasteiger partial charge in [0.1, 0.15) is 18.4 Å². The highest BCUT2D eigenvalue weighted by atomic mass is 32.2. The molecule has 9 heteroatoms. The number of amides is 2. The normalized spacial score (nSPS) is 15.0. The molecule has 0 heterocycles. The van der Waals surface area contributed by atoms with E-state index >= 15 is 0 Å². The highest BCUT2D eigenvalue weighted by Crippen LogP contribution is 2.21. The van der Waals surface area contributed by atoms with Crippen molar-refractivity contribution in [1.29, 1.82) is 0 Å². The fourth-order valence-corrected chi connectivity index (χ4v) is 5.14. The number of nitrogens with zero attached hydrogens (tertiary/aromatic N) is 2. The molecule has 7 nitrogen and oxygen atoms in total. The Morgan fingerprint density at radius 2 is 1.68 bits per heavy atom. The lowest BCUT2D eigenvalue weighted by atomic mass is 10.1. The van der Waals surface area contributed by atoms with Gasteiger partial charge in [-0.1, -0.05) is 50.1 Å². The van der Waals surface area contributed by atoms with Crippen LogP contribution < -0.4 is 9.62 Å². The second-order valence-electron chi connectivity index (χ2n) is 8.67. The summed E-state index contributed by atoms with van der Waals surface area (Å²) in [5, 5.41) is 3.07. The SMILES string of the molecule is CC[C@H](C(=O)NC1CCCC1)N(Cc1ccccc1)C(=O)CN(c1ccc(F)cc1)S(C)(=O)=O. The minimum atomic E-state index is -3.84. The summed E-state index contributed by atoms with van der Waals surface area (Å²) in [5.41, 5.74) is 1.01. The van der Waals surface area contributed by atoms with Gasteiger partial charge in [-0.2, -0.15) is 0 Å². The Bertz CT molecular complexity index is 1070. The molecular formula is C25H32FN3O4S. The zero-order chi connectivity index (χ0) is 24.7. The molecule has 1 N–H and O–H groups in total. The summed E-state index contributed by atoms with van der Waals surface area (Å²) in [5.74, 6) is -1.25. The second kappa shape index (κ2) is 11.5. The van der Waals surface area contributed by atoms with Crippen molar-refractivity contribution in [3.05, 3.63) is 66.0 Å². The summed E-state index contributed by atoms with van der Waals surface area (Å²) in [6.07, 6.45) is 5.34. The molecule has 0 saturated heterocycles. The van der Waals surface area contributed by atoms with E-state index in [0.29, 0.717) is 6.42 Å². The number of sulfonamides is 1. The first-order valence-electron chi connectivity index (χ1n) is 11.6. The molecule has 184 valence electrons. The summed E-state index contributed by atoms with van der Waals surface area (Å²) in [7, 11) is -3.84. The Morgan fingerprint density at radius 1 is 1.06 bits per heavy atom. The van der Waals surface area contributed by atoms with Crippen molar-refractivity contribution < 1.29 is 22.4 Å². The molecule has 2 aromatic carbocycles. The topological polar surface area (TPSA) is 86.8 Å². The van der Waals surface area contributed by atoms with Gasteiger partial charge in [0.15, 0.2) is 0 Å². The molecule has 0 bridgehead atoms. The first kappa shape index (κ1) is 25.7. The molecule has 0 aromatic heterocycles. The molecule has 0 unspecified atom stereocenters. The van der Waals surface area contributed by atoms with E-state index in [9.17, 15) is 22.4 Å². The van der Waals surface area contributed by atoms with E-state index in [4.69, 9.17) is 0 Å². The maximum Gasteiger partial charge on any atom is 0.244 e. The first-order chi connectivity index (χ1) is 16.2. The summed E-state index contributed by atoms with van der Waals surface area (Å²) < 4.78 is 39.4. The van der Waals surface area contributed by atoms with E-state index in [1.165, 1.54) is 17.0 Å². The van der Waals surface area contributed by atoms with E-state index in [1.807, 2.05) is 37.3 Å². The van der Waals surface area contributed by atoms with Crippen LogP contribution in [0.5, 0.6) is 0 Å². The average Bonchev–Trinajstić information content (AvgIpc) is 3.31. The summed E-state index contributed by atoms with van der Waals surface area (Å²) in [6, 6.07) is 13.5. The van der Waals surface area contributed by atoms with Crippen molar-refractivity contribution in [2.45, 2.75) is 57.7 Å². The highest BCUT2D eigenvalue weighted by Gasteiger charge is 2.32. The number of benzene rings is 2. The van der Waals surface area contributed by atoms with Gasteiger partial charge in [-0.25, -0.2) is 12.8 Å². The van der Waals surface area contributed by atoms with Crippen LogP contribution in [-0.2, 0) is 26.2 Å². The third kappa shape index (κ3) is 6.79. The molecule has 0 radical (unpaired) electrons. The number of hydrogen-bond acceptors (Lipinski definition) is 4. The van der Waals surface area contributed by atoms with Gasteiger partial charge in [0.25, 0.3) is 0 Å². The van der Waals surface area contributed by atoms with Gasteiger partial charge in [0.2, 0.25) is 21.8 Å². The van der Waals surface area contributed by atoms with Crippen molar-refractivity contribution in [2.75, 3.05) is 17.1 Å². The molecule has 2 amide bonds. The van der Waals surface area contributed by atoms with Gasteiger partial charge in [-0.3, -0.25) is 13.9 Å². The number of nitrogens with one attached hydrogen (secondary N) is 1. The van der Waals surface area contributed by atoms with Gasteiger partial charge in [0, 0.05) is 12.6 Å². The van der Waals surface area contributed by atoms with Crippen LogP contribution in [0.3, 0.4) is 0 Å². The number of rotatable bonds is 10. The number of hydrogen-bond donors (Lipinski definition) is 1. The fraction of sp³-hybridized carbons (Fsp3) is 0.440. The van der Waals surface area contributed by atoms with E-state index in [0.717, 1.165) is 53.9 Å². The summed E-state index contributed by atoms with van der Waals surface area (Å²) in [4.78, 5) is 28.2. The molecule has 34 heavy (non-hydrogen) atoms. The first-order valence-corrected chi connectivity index (χ1v) is 13.4. The maximum atomic E-state index is 13.6. The molecule has 1 aliphatic rings. The largest absolute Gasteiger partial charge is 0.352 e. The predicted octanol–water partition coefficient (Wildman–Crippen LogP) is 3.46. The predicted molar refractivity (Wildman–Crippen MR) is 130 cm³/mol. The van der Waals surface area contributed by atoms with Gasteiger partial charge in [-0.05, 0) is 49.1 Å². The van der Waals surface area contributed by atoms with E-state index in [2.05, 4.69) is 5.32 Å². The van der Waals surface area contributed by atoms with E-state index in [-0.39, 0.29) is 24.2 Å². The number of halogens is 1. The monoisotopic (exact) mass is 489 g/mol. The van der Waals surface area contributed by atoms with Crippen LogP contribution in [0.4, 0.5) is 10.1 Å². The van der Waals surface area contributed by atoms with E-state index < -0.39 is 34.3 Å². The molecule has 1 saturated carbocycles. The van der Waals surface area contributed by atoms with Crippen molar-refractivity contribution in [3.63, 3.8) is 0 Å². The highest BCUT2D eigenvalue weighted by molar-refractivity contribution is 7.92. The lowest BCUT2D eigenvalue weighted by molar-refractivity contribution is -0.140. The van der Waals surface area contributed by atoms with Crippen molar-refractivity contribution in [3.8, 4) is 0 Å². The fourth-order valence-electron chi connectivity index (χ4n) is 4.29. The Hall–Kier alpha value is -2.94. The van der Waals surface area contributed by atoms with Gasteiger partial charge in [0.05, 0.1) is 11.9 Å². The summed E-state index contributed by atoms with van der Waals surface area (Å²) in [6.45, 7) is 1.50. The van der Waals surface area contributed by atoms with Crippen LogP contribution in [0.2, 0.25) is 0 Å². The third-order valence-corrected chi connectivity index (χ3v) is 7.22. The lowest BCUT2D eigenvalue weighted by Crippen LogP contribution is -2.53. The summed E-state index contributed by atoms with van der Waals surface area (Å²) >= 11 is 0. The van der Waals surface area contributed by atoms with Crippen molar-refractivity contribution in [2.24, 2.45) is 0 Å². The minimum absolute atomic E-state index is 0.0990. The van der Waals surface area contributed by atoms with Gasteiger partial charge >= 0.3 is 0 Å². The zero-order valence-corrected chi connectivity index (χ0v) is 20.4. The van der Waals surface area contributed by atoms with Crippen LogP contribution in [0, 0.1) is 5.82 Å². The molecular weight excluding hydrogens is 457 g/mol. The molecule has 1 aliphatic carbocycles. The molecule has 1 atom stereocenters. The zero-order valence-electron chi connectivity index (χ0n) is 19.6. The maximum absolute atomic E-state index is 13.6. The molecule has 3 rings (SSSR count). The number of anilines is 1. The Balaban J connectivity index is 1.89. The number of carbonyl (C=O) groups is 2. The van der Waals surface area contributed by atoms with Crippen molar-refractivity contribution >= 4 is 27.5 Å². The average molecular weight is 490 g/mol. The Morgan fingerprint density at radius 3 is 2.24 bits per heavy atom. The van der Waals surface area contributed by atoms with Crippen LogP contribution in [-0.4, -0.2) is 50.0 Å². The van der Waals surface area contributed by atoms with Crippen LogP contribution in [0.1, 0.15) is 44.6 Å². The van der Waals surface area contributed by atoms with Crippen LogP contribution in [0.25, 0.3) is 0 Å². The van der Waals surface area contributed by atoms with Crippen molar-refractivity contribution in [1.82, 2.24) is 10.2 Å². The minimum Gasteiger partial charge on any atom is -0.352 e. The van der Waals surface area contributed by atoms with Crippen LogP contribution >= 0.6 is 0 Å².